The van der Waals surface area contributed by atoms with Crippen molar-refractivity contribution in [1.82, 2.24) is 24.7 Å². The lowest BCUT2D eigenvalue weighted by Gasteiger charge is -2.44. The summed E-state index contributed by atoms with van der Waals surface area (Å²) >= 11 is 0. The van der Waals surface area contributed by atoms with Crippen LogP contribution in [0.15, 0.2) is 36.9 Å². The molecule has 4 fully saturated rings. The van der Waals surface area contributed by atoms with Crippen LogP contribution in [-0.2, 0) is 33.8 Å². The van der Waals surface area contributed by atoms with E-state index >= 15 is 0 Å². The number of Topliss-reactive ketones (excluding diaryl/α,β-unsaturated/α-hetero) is 1. The van der Waals surface area contributed by atoms with E-state index in [2.05, 4.69) is 52.6 Å². The molecule has 216 valence electrons. The molecule has 0 N–H and O–H groups in total. The van der Waals surface area contributed by atoms with Gasteiger partial charge in [0.1, 0.15) is 23.8 Å². The van der Waals surface area contributed by atoms with Gasteiger partial charge in [-0.3, -0.25) is 19.4 Å². The number of aromatic nitrogens is 2. The SMILES string of the molecule is C=CC(=O)N1CC2CC(=O)CC1CN2c1nc(O[C@@H]2CN(C)C[C@H]2OC)nc2c1CN(C1CCc3ccccc31)C2. The van der Waals surface area contributed by atoms with Gasteiger partial charge in [0.25, 0.3) is 0 Å². The minimum atomic E-state index is -0.206. The number of carbonyl (C=O) groups is 2. The number of amides is 1. The first-order chi connectivity index (χ1) is 19.9. The molecule has 10 heteroatoms. The first-order valence-electron chi connectivity index (χ1n) is 14.7. The van der Waals surface area contributed by atoms with Crippen molar-refractivity contribution in [2.45, 2.75) is 69.1 Å². The highest BCUT2D eigenvalue weighted by atomic mass is 16.5. The molecule has 1 aromatic heterocycles. The van der Waals surface area contributed by atoms with Crippen molar-refractivity contribution in [1.29, 1.82) is 0 Å². The molecule has 1 aromatic carbocycles. The second kappa shape index (κ2) is 10.5. The Hall–Kier alpha value is -3.34. The van der Waals surface area contributed by atoms with E-state index in [1.165, 1.54) is 17.2 Å². The van der Waals surface area contributed by atoms with E-state index in [9.17, 15) is 9.59 Å². The molecular formula is C31H38N6O4. The summed E-state index contributed by atoms with van der Waals surface area (Å²) in [5.41, 5.74) is 4.92. The molecule has 0 saturated carbocycles. The predicted molar refractivity (Wildman–Crippen MR) is 153 cm³/mol. The van der Waals surface area contributed by atoms with Gasteiger partial charge in [0.2, 0.25) is 5.91 Å². The summed E-state index contributed by atoms with van der Waals surface area (Å²) in [6.45, 7) is 7.72. The molecule has 0 radical (unpaired) electrons. The monoisotopic (exact) mass is 558 g/mol. The van der Waals surface area contributed by atoms with Crippen molar-refractivity contribution >= 4 is 17.5 Å². The fourth-order valence-electron chi connectivity index (χ4n) is 7.62. The Morgan fingerprint density at radius 1 is 1.05 bits per heavy atom. The number of benzene rings is 1. The van der Waals surface area contributed by atoms with Gasteiger partial charge in [-0.2, -0.15) is 9.97 Å². The highest BCUT2D eigenvalue weighted by molar-refractivity contribution is 5.89. The molecule has 6 aliphatic rings. The van der Waals surface area contributed by atoms with Crippen molar-refractivity contribution < 1.29 is 19.1 Å². The molecule has 10 nitrogen and oxygen atoms in total. The summed E-state index contributed by atoms with van der Waals surface area (Å²) in [4.78, 5) is 44.4. The highest BCUT2D eigenvalue weighted by Crippen LogP contribution is 2.43. The Morgan fingerprint density at radius 2 is 1.85 bits per heavy atom. The van der Waals surface area contributed by atoms with Crippen molar-refractivity contribution in [2.75, 3.05) is 45.2 Å². The zero-order chi connectivity index (χ0) is 28.2. The summed E-state index contributed by atoms with van der Waals surface area (Å²) in [6.07, 6.45) is 4.05. The molecule has 5 aliphatic heterocycles. The van der Waals surface area contributed by atoms with Crippen LogP contribution in [0.3, 0.4) is 0 Å². The van der Waals surface area contributed by atoms with Gasteiger partial charge in [-0.05, 0) is 37.1 Å². The number of methoxy groups -OCH3 is 1. The quantitative estimate of drug-likeness (QED) is 0.495. The number of likely N-dealkylation sites (tertiary alicyclic amines) is 1. The van der Waals surface area contributed by atoms with Gasteiger partial charge >= 0.3 is 6.01 Å². The lowest BCUT2D eigenvalue weighted by molar-refractivity contribution is -0.129. The second-order valence-electron chi connectivity index (χ2n) is 12.2. The Kier molecular flexibility index (Phi) is 6.79. The molecule has 3 unspecified atom stereocenters. The molecule has 1 amide bonds. The van der Waals surface area contributed by atoms with Crippen LogP contribution in [0, 0.1) is 0 Å². The van der Waals surface area contributed by atoms with Crippen LogP contribution in [0.1, 0.15) is 47.7 Å². The smallest absolute Gasteiger partial charge is 0.319 e. The molecule has 1 aliphatic carbocycles. The van der Waals surface area contributed by atoms with Gasteiger partial charge in [-0.1, -0.05) is 30.8 Å². The summed E-state index contributed by atoms with van der Waals surface area (Å²) in [5.74, 6) is 0.910. The zero-order valence-electron chi connectivity index (χ0n) is 23.9. The van der Waals surface area contributed by atoms with Gasteiger partial charge in [0.15, 0.2) is 0 Å². The Morgan fingerprint density at radius 3 is 2.68 bits per heavy atom. The van der Waals surface area contributed by atoms with Gasteiger partial charge in [0.05, 0.1) is 17.8 Å². The Labute approximate surface area is 240 Å². The van der Waals surface area contributed by atoms with Crippen LogP contribution >= 0.6 is 0 Å². The van der Waals surface area contributed by atoms with Gasteiger partial charge < -0.3 is 19.3 Å². The molecule has 4 saturated heterocycles. The maximum atomic E-state index is 12.9. The van der Waals surface area contributed by atoms with Crippen LogP contribution in [0.2, 0.25) is 0 Å². The van der Waals surface area contributed by atoms with E-state index in [-0.39, 0.29) is 36.0 Å². The number of ketones is 1. The van der Waals surface area contributed by atoms with E-state index in [1.54, 1.807) is 7.11 Å². The average molecular weight is 559 g/mol. The first kappa shape index (κ1) is 26.6. The predicted octanol–water partition coefficient (Wildman–Crippen LogP) is 2.12. The third-order valence-corrected chi connectivity index (χ3v) is 9.62. The zero-order valence-corrected chi connectivity index (χ0v) is 23.9. The molecule has 8 rings (SSSR count). The summed E-state index contributed by atoms with van der Waals surface area (Å²) in [7, 11) is 3.77. The number of hydrogen-bond acceptors (Lipinski definition) is 9. The fourth-order valence-corrected chi connectivity index (χ4v) is 7.62. The third kappa shape index (κ3) is 4.71. The number of piperazine rings is 1. The van der Waals surface area contributed by atoms with Gasteiger partial charge in [-0.15, -0.1) is 0 Å². The number of likely N-dealkylation sites (N-methyl/N-ethyl adjacent to an activating group) is 1. The summed E-state index contributed by atoms with van der Waals surface area (Å²) in [6, 6.07) is 9.08. The van der Waals surface area contributed by atoms with Crippen LogP contribution in [0.25, 0.3) is 0 Å². The molecular weight excluding hydrogens is 520 g/mol. The number of rotatable bonds is 6. The number of hydrogen-bond donors (Lipinski definition) is 0. The second-order valence-corrected chi connectivity index (χ2v) is 12.2. The largest absolute Gasteiger partial charge is 0.456 e. The van der Waals surface area contributed by atoms with E-state index in [1.807, 2.05) is 4.90 Å². The Balaban J connectivity index is 1.24. The minimum absolute atomic E-state index is 0.0583. The maximum absolute atomic E-state index is 12.9. The van der Waals surface area contributed by atoms with E-state index < -0.39 is 0 Å². The normalized spacial score (nSPS) is 29.5. The highest BCUT2D eigenvalue weighted by Gasteiger charge is 2.44. The molecule has 2 bridgehead atoms. The number of carbonyl (C=O) groups excluding carboxylic acids is 2. The van der Waals surface area contributed by atoms with Crippen LogP contribution in [0.5, 0.6) is 6.01 Å². The molecule has 0 spiro atoms. The lowest BCUT2D eigenvalue weighted by atomic mass is 10.1. The number of nitrogens with zero attached hydrogens (tertiary/aromatic N) is 6. The van der Waals surface area contributed by atoms with E-state index in [4.69, 9.17) is 19.4 Å². The number of aryl methyl sites for hydroxylation is 1. The number of fused-ring (bicyclic) bond motifs is 6. The number of anilines is 1. The van der Waals surface area contributed by atoms with Crippen LogP contribution < -0.4 is 9.64 Å². The topological polar surface area (TPSA) is 91.3 Å². The molecule has 2 aromatic rings. The summed E-state index contributed by atoms with van der Waals surface area (Å²) in [5, 5.41) is 0. The molecule has 5 atom stereocenters. The maximum Gasteiger partial charge on any atom is 0.319 e. The lowest BCUT2D eigenvalue weighted by Crippen LogP contribution is -2.58. The van der Waals surface area contributed by atoms with Crippen molar-refractivity contribution in [2.24, 2.45) is 0 Å². The fraction of sp³-hybridized carbons (Fsp3) is 0.548. The van der Waals surface area contributed by atoms with E-state index in [0.717, 1.165) is 56.1 Å². The number of ether oxygens (including phenoxy) is 2. The van der Waals surface area contributed by atoms with Crippen molar-refractivity contribution in [3.05, 3.63) is 59.3 Å². The van der Waals surface area contributed by atoms with E-state index in [0.29, 0.717) is 38.0 Å². The van der Waals surface area contributed by atoms with Crippen LogP contribution in [-0.4, -0.2) is 101 Å². The standard InChI is InChI=1S/C31H38N6O4/c1-4-29(39)36-13-21-12-22(38)11-20(36)14-37(21)30-24-15-35(26-10-9-19-7-5-6-8-23(19)26)16-25(24)32-31(33-30)41-28-18-34(2)17-27(28)40-3/h4-8,20-21,26-28H,1,9-18H2,2-3H3/t20?,21?,26?,27-,28-/m1/s1. The summed E-state index contributed by atoms with van der Waals surface area (Å²) < 4.78 is 12.2. The third-order valence-electron chi connectivity index (χ3n) is 9.62. The average Bonchev–Trinajstić information content (AvgIpc) is 3.63. The Bertz CT molecular complexity index is 1380. The van der Waals surface area contributed by atoms with Gasteiger partial charge in [0, 0.05) is 70.8 Å². The van der Waals surface area contributed by atoms with Crippen molar-refractivity contribution in [3.8, 4) is 6.01 Å². The molecule has 41 heavy (non-hydrogen) atoms. The minimum Gasteiger partial charge on any atom is -0.456 e. The van der Waals surface area contributed by atoms with Gasteiger partial charge in [-0.25, -0.2) is 0 Å². The van der Waals surface area contributed by atoms with Crippen LogP contribution in [0.4, 0.5) is 5.82 Å². The molecule has 6 heterocycles. The first-order valence-corrected chi connectivity index (χ1v) is 14.7. The van der Waals surface area contributed by atoms with Crippen molar-refractivity contribution in [3.63, 3.8) is 0 Å².